The van der Waals surface area contributed by atoms with Crippen LogP contribution in [0.2, 0.25) is 0 Å². The maximum absolute atomic E-state index is 11.9. The van der Waals surface area contributed by atoms with E-state index in [0.717, 1.165) is 19.4 Å². The summed E-state index contributed by atoms with van der Waals surface area (Å²) < 4.78 is 5.48. The molecule has 1 amide bonds. The van der Waals surface area contributed by atoms with E-state index >= 15 is 0 Å². The van der Waals surface area contributed by atoms with Crippen molar-refractivity contribution in [2.24, 2.45) is 11.7 Å². The number of nitrogens with one attached hydrogen (secondary N) is 1. The molecule has 1 fully saturated rings. The van der Waals surface area contributed by atoms with E-state index < -0.39 is 5.54 Å². The SMILES string of the molecule is CCOC1CC(CC(=O)NC(C)(CC)C(N)=S)C1. The maximum atomic E-state index is 11.9. The minimum atomic E-state index is -0.560. The van der Waals surface area contributed by atoms with Gasteiger partial charge in [-0.25, -0.2) is 0 Å². The van der Waals surface area contributed by atoms with Crippen molar-refractivity contribution in [3.05, 3.63) is 0 Å². The van der Waals surface area contributed by atoms with Gasteiger partial charge in [0.05, 0.1) is 16.6 Å². The second-order valence-corrected chi connectivity index (χ2v) is 5.66. The molecule has 1 aliphatic rings. The van der Waals surface area contributed by atoms with Gasteiger partial charge in [0.2, 0.25) is 5.91 Å². The molecule has 4 nitrogen and oxygen atoms in total. The highest BCUT2D eigenvalue weighted by atomic mass is 32.1. The summed E-state index contributed by atoms with van der Waals surface area (Å²) in [5, 5.41) is 2.94. The van der Waals surface area contributed by atoms with Crippen LogP contribution in [0.3, 0.4) is 0 Å². The van der Waals surface area contributed by atoms with Crippen LogP contribution in [0, 0.1) is 5.92 Å². The number of hydrogen-bond donors (Lipinski definition) is 2. The molecule has 1 rings (SSSR count). The van der Waals surface area contributed by atoms with Gasteiger partial charge in [0, 0.05) is 13.0 Å². The smallest absolute Gasteiger partial charge is 0.221 e. The molecular weight excluding hydrogens is 248 g/mol. The van der Waals surface area contributed by atoms with Gasteiger partial charge < -0.3 is 15.8 Å². The molecule has 0 heterocycles. The minimum absolute atomic E-state index is 0.0344. The van der Waals surface area contributed by atoms with Gasteiger partial charge in [0.1, 0.15) is 0 Å². The first-order valence-electron chi connectivity index (χ1n) is 6.63. The fraction of sp³-hybridized carbons (Fsp3) is 0.846. The molecule has 1 saturated carbocycles. The Morgan fingerprint density at radius 1 is 1.50 bits per heavy atom. The highest BCUT2D eigenvalue weighted by Gasteiger charge is 2.33. The first-order chi connectivity index (χ1) is 8.41. The van der Waals surface area contributed by atoms with Crippen LogP contribution in [-0.4, -0.2) is 29.1 Å². The van der Waals surface area contributed by atoms with E-state index in [1.54, 1.807) is 0 Å². The van der Waals surface area contributed by atoms with E-state index in [1.807, 2.05) is 20.8 Å². The Morgan fingerprint density at radius 3 is 2.56 bits per heavy atom. The molecular formula is C13H24N2O2S. The summed E-state index contributed by atoms with van der Waals surface area (Å²) in [6.45, 7) is 6.58. The monoisotopic (exact) mass is 272 g/mol. The van der Waals surface area contributed by atoms with Crippen LogP contribution < -0.4 is 11.1 Å². The largest absolute Gasteiger partial charge is 0.391 e. The van der Waals surface area contributed by atoms with Crippen molar-refractivity contribution in [2.45, 2.75) is 58.1 Å². The zero-order valence-corrected chi connectivity index (χ0v) is 12.3. The predicted octanol–water partition coefficient (Wildman–Crippen LogP) is 1.76. The number of ether oxygens (including phenoxy) is 1. The van der Waals surface area contributed by atoms with Crippen molar-refractivity contribution in [1.29, 1.82) is 0 Å². The molecule has 1 aliphatic carbocycles. The third-order valence-electron chi connectivity index (χ3n) is 3.74. The summed E-state index contributed by atoms with van der Waals surface area (Å²) in [6.07, 6.45) is 3.57. The lowest BCUT2D eigenvalue weighted by Gasteiger charge is -2.36. The van der Waals surface area contributed by atoms with E-state index in [1.165, 1.54) is 0 Å². The van der Waals surface area contributed by atoms with Crippen LogP contribution in [0.4, 0.5) is 0 Å². The first-order valence-corrected chi connectivity index (χ1v) is 7.04. The molecule has 104 valence electrons. The van der Waals surface area contributed by atoms with Gasteiger partial charge in [-0.1, -0.05) is 19.1 Å². The summed E-state index contributed by atoms with van der Waals surface area (Å²) in [6, 6.07) is 0. The Labute approximate surface area is 115 Å². The molecule has 1 atom stereocenters. The van der Waals surface area contributed by atoms with Gasteiger partial charge in [0.15, 0.2) is 0 Å². The lowest BCUT2D eigenvalue weighted by atomic mass is 9.79. The lowest BCUT2D eigenvalue weighted by molar-refractivity contribution is -0.125. The summed E-state index contributed by atoms with van der Waals surface area (Å²) in [5.41, 5.74) is 5.11. The van der Waals surface area contributed by atoms with Gasteiger partial charge in [-0.15, -0.1) is 0 Å². The van der Waals surface area contributed by atoms with Gasteiger partial charge in [-0.3, -0.25) is 4.79 Å². The highest BCUT2D eigenvalue weighted by molar-refractivity contribution is 7.80. The molecule has 0 aromatic carbocycles. The van der Waals surface area contributed by atoms with Crippen LogP contribution in [0.1, 0.15) is 46.5 Å². The fourth-order valence-electron chi connectivity index (χ4n) is 2.16. The molecule has 0 aromatic rings. The number of nitrogens with two attached hydrogens (primary N) is 1. The van der Waals surface area contributed by atoms with E-state index in [9.17, 15) is 4.79 Å². The van der Waals surface area contributed by atoms with Crippen molar-refractivity contribution in [3.8, 4) is 0 Å². The molecule has 5 heteroatoms. The third-order valence-corrected chi connectivity index (χ3v) is 4.19. The fourth-order valence-corrected chi connectivity index (χ4v) is 2.35. The number of carbonyl (C=O) groups is 1. The van der Waals surface area contributed by atoms with Crippen LogP contribution >= 0.6 is 12.2 Å². The Bertz CT molecular complexity index is 316. The average molecular weight is 272 g/mol. The Morgan fingerprint density at radius 2 is 2.11 bits per heavy atom. The molecule has 0 bridgehead atoms. The normalized spacial score (nSPS) is 25.9. The molecule has 0 aliphatic heterocycles. The number of carbonyl (C=O) groups excluding carboxylic acids is 1. The second-order valence-electron chi connectivity index (χ2n) is 5.22. The molecule has 0 radical (unpaired) electrons. The Hall–Kier alpha value is -0.680. The number of amides is 1. The molecule has 1 unspecified atom stereocenters. The van der Waals surface area contributed by atoms with Gasteiger partial charge in [0.25, 0.3) is 0 Å². The maximum Gasteiger partial charge on any atom is 0.221 e. The summed E-state index contributed by atoms with van der Waals surface area (Å²) in [5.74, 6) is 0.473. The standard InChI is InChI=1S/C13H24N2O2S/c1-4-13(3,12(14)18)15-11(16)8-9-6-10(7-9)17-5-2/h9-10H,4-8H2,1-3H3,(H2,14,18)(H,15,16). The van der Waals surface area contributed by atoms with Crippen molar-refractivity contribution >= 4 is 23.1 Å². The topological polar surface area (TPSA) is 64.3 Å². The summed E-state index contributed by atoms with van der Waals surface area (Å²) in [7, 11) is 0. The first kappa shape index (κ1) is 15.4. The molecule has 0 saturated heterocycles. The quantitative estimate of drug-likeness (QED) is 0.693. The second kappa shape index (κ2) is 6.48. The molecule has 0 aromatic heterocycles. The molecule has 3 N–H and O–H groups in total. The van der Waals surface area contributed by atoms with Gasteiger partial charge in [-0.05, 0) is 39.0 Å². The van der Waals surface area contributed by atoms with Crippen molar-refractivity contribution in [3.63, 3.8) is 0 Å². The van der Waals surface area contributed by atoms with E-state index in [0.29, 0.717) is 29.9 Å². The van der Waals surface area contributed by atoms with Crippen molar-refractivity contribution in [1.82, 2.24) is 5.32 Å². The van der Waals surface area contributed by atoms with Gasteiger partial charge in [-0.2, -0.15) is 0 Å². The number of hydrogen-bond acceptors (Lipinski definition) is 3. The van der Waals surface area contributed by atoms with E-state index in [2.05, 4.69) is 5.32 Å². The van der Waals surface area contributed by atoms with Crippen LogP contribution in [0.5, 0.6) is 0 Å². The molecule has 0 spiro atoms. The number of rotatable bonds is 7. The Balaban J connectivity index is 2.32. The van der Waals surface area contributed by atoms with E-state index in [-0.39, 0.29) is 5.91 Å². The summed E-state index contributed by atoms with van der Waals surface area (Å²) >= 11 is 5.00. The summed E-state index contributed by atoms with van der Waals surface area (Å²) in [4.78, 5) is 12.3. The van der Waals surface area contributed by atoms with Crippen molar-refractivity contribution < 1.29 is 9.53 Å². The zero-order valence-electron chi connectivity index (χ0n) is 11.5. The Kier molecular flexibility index (Phi) is 5.53. The zero-order chi connectivity index (χ0) is 13.8. The van der Waals surface area contributed by atoms with Crippen molar-refractivity contribution in [2.75, 3.05) is 6.61 Å². The van der Waals surface area contributed by atoms with Crippen LogP contribution in [0.25, 0.3) is 0 Å². The highest BCUT2D eigenvalue weighted by Crippen LogP contribution is 2.32. The number of thiocarbonyl (C=S) groups is 1. The lowest BCUT2D eigenvalue weighted by Crippen LogP contribution is -2.54. The van der Waals surface area contributed by atoms with Crippen LogP contribution in [0.15, 0.2) is 0 Å². The average Bonchev–Trinajstić information content (AvgIpc) is 2.25. The minimum Gasteiger partial charge on any atom is -0.391 e. The van der Waals surface area contributed by atoms with Gasteiger partial charge >= 0.3 is 0 Å². The predicted molar refractivity (Wildman–Crippen MR) is 76.4 cm³/mol. The van der Waals surface area contributed by atoms with Crippen LogP contribution in [-0.2, 0) is 9.53 Å². The van der Waals surface area contributed by atoms with E-state index in [4.69, 9.17) is 22.7 Å². The molecule has 18 heavy (non-hydrogen) atoms. The third kappa shape index (κ3) is 3.92.